The Labute approximate surface area is 160 Å². The van der Waals surface area contributed by atoms with Crippen LogP contribution in [0.3, 0.4) is 0 Å². The number of nitrogens with zero attached hydrogens (tertiary/aromatic N) is 1. The lowest BCUT2D eigenvalue weighted by atomic mass is 9.88. The van der Waals surface area contributed by atoms with Gasteiger partial charge in [-0.2, -0.15) is 4.39 Å². The number of carbonyl (C=O) groups is 2. The van der Waals surface area contributed by atoms with E-state index in [4.69, 9.17) is 4.74 Å². The molecule has 10 heteroatoms. The summed E-state index contributed by atoms with van der Waals surface area (Å²) in [6, 6.07) is 1.95. The van der Waals surface area contributed by atoms with Crippen LogP contribution in [0.5, 0.6) is 5.75 Å². The minimum atomic E-state index is -1.09. The number of hydrazine groups is 1. The first-order valence-electron chi connectivity index (χ1n) is 9.27. The largest absolute Gasteiger partial charge is 0.491 e. The van der Waals surface area contributed by atoms with Crippen LogP contribution in [0.15, 0.2) is 12.1 Å². The lowest BCUT2D eigenvalue weighted by Gasteiger charge is -2.38. The van der Waals surface area contributed by atoms with E-state index in [1.165, 1.54) is 18.2 Å². The third kappa shape index (κ3) is 3.37. The van der Waals surface area contributed by atoms with E-state index < -0.39 is 29.8 Å². The van der Waals surface area contributed by atoms with E-state index in [1.807, 2.05) is 0 Å². The monoisotopic (exact) mass is 395 g/mol. The molecular formula is C18H23F2N5O3. The zero-order valence-corrected chi connectivity index (χ0v) is 15.6. The summed E-state index contributed by atoms with van der Waals surface area (Å²) in [7, 11) is 2.87. The van der Waals surface area contributed by atoms with Gasteiger partial charge in [0.25, 0.3) is 0 Å². The first-order valence-corrected chi connectivity index (χ1v) is 9.27. The lowest BCUT2D eigenvalue weighted by Crippen LogP contribution is -2.63. The number of halogens is 2. The van der Waals surface area contributed by atoms with Gasteiger partial charge in [-0.25, -0.2) is 9.82 Å². The summed E-state index contributed by atoms with van der Waals surface area (Å²) < 4.78 is 32.6. The van der Waals surface area contributed by atoms with Gasteiger partial charge in [0.05, 0.1) is 31.0 Å². The van der Waals surface area contributed by atoms with Gasteiger partial charge in [0.15, 0.2) is 11.6 Å². The van der Waals surface area contributed by atoms with Crippen molar-refractivity contribution in [3.63, 3.8) is 0 Å². The molecule has 0 aromatic heterocycles. The maximum absolute atomic E-state index is 14.1. The number of hydrogen-bond acceptors (Lipinski definition) is 6. The molecule has 1 saturated carbocycles. The number of nitrogens with one attached hydrogen (secondary N) is 4. The average molecular weight is 395 g/mol. The maximum Gasteiger partial charge on any atom is 0.244 e. The van der Waals surface area contributed by atoms with E-state index in [0.717, 1.165) is 18.9 Å². The number of fused-ring (bicyclic) bond motifs is 1. The van der Waals surface area contributed by atoms with Crippen molar-refractivity contribution in [1.82, 2.24) is 21.1 Å². The molecule has 4 N–H and O–H groups in total. The highest BCUT2D eigenvalue weighted by molar-refractivity contribution is 5.83. The van der Waals surface area contributed by atoms with E-state index in [0.29, 0.717) is 6.42 Å². The van der Waals surface area contributed by atoms with Gasteiger partial charge in [0, 0.05) is 25.4 Å². The predicted octanol–water partition coefficient (Wildman–Crippen LogP) is 0.518. The lowest BCUT2D eigenvalue weighted by molar-refractivity contribution is -0.131. The number of rotatable bonds is 5. The Bertz CT molecular complexity index is 804. The highest BCUT2D eigenvalue weighted by Crippen LogP contribution is 2.34. The minimum Gasteiger partial charge on any atom is -0.491 e. The number of amides is 2. The molecule has 4 rings (SSSR count). The highest BCUT2D eigenvalue weighted by Gasteiger charge is 2.49. The first kappa shape index (κ1) is 18.9. The molecule has 2 aliphatic heterocycles. The quantitative estimate of drug-likeness (QED) is 0.581. The Morgan fingerprint density at radius 2 is 2.07 bits per heavy atom. The predicted molar refractivity (Wildman–Crippen MR) is 95.9 cm³/mol. The van der Waals surface area contributed by atoms with Crippen molar-refractivity contribution >= 4 is 17.5 Å². The number of carbonyl (C=O) groups excluding carboxylic acids is 2. The summed E-state index contributed by atoms with van der Waals surface area (Å²) >= 11 is 0. The van der Waals surface area contributed by atoms with Crippen molar-refractivity contribution in [2.45, 2.75) is 37.6 Å². The molecule has 8 nitrogen and oxygen atoms in total. The van der Waals surface area contributed by atoms with E-state index in [2.05, 4.69) is 21.4 Å². The van der Waals surface area contributed by atoms with Crippen molar-refractivity contribution < 1.29 is 23.1 Å². The molecule has 1 aliphatic carbocycles. The van der Waals surface area contributed by atoms with Crippen LogP contribution in [0.4, 0.5) is 14.5 Å². The van der Waals surface area contributed by atoms with Crippen LogP contribution in [0, 0.1) is 23.5 Å². The molecule has 2 amide bonds. The molecule has 2 saturated heterocycles. The Morgan fingerprint density at radius 3 is 2.75 bits per heavy atom. The average Bonchev–Trinajstić information content (AvgIpc) is 3.46. The fourth-order valence-electron chi connectivity index (χ4n) is 3.88. The Balaban J connectivity index is 1.58. The van der Waals surface area contributed by atoms with Gasteiger partial charge in [0.1, 0.15) is 0 Å². The topological polar surface area (TPSA) is 94.7 Å². The van der Waals surface area contributed by atoms with Crippen LogP contribution < -0.4 is 26.1 Å². The van der Waals surface area contributed by atoms with Crippen LogP contribution in [-0.4, -0.2) is 49.4 Å². The Hall–Kier alpha value is -2.46. The normalized spacial score (nSPS) is 29.4. The van der Waals surface area contributed by atoms with Crippen LogP contribution in [0.1, 0.15) is 19.3 Å². The molecule has 0 bridgehead atoms. The highest BCUT2D eigenvalue weighted by atomic mass is 19.2. The molecule has 0 spiro atoms. The van der Waals surface area contributed by atoms with E-state index in [9.17, 15) is 18.4 Å². The summed E-state index contributed by atoms with van der Waals surface area (Å²) in [4.78, 5) is 24.8. The summed E-state index contributed by atoms with van der Waals surface area (Å²) in [5.41, 5.74) is 3.29. The van der Waals surface area contributed by atoms with Crippen LogP contribution in [-0.2, 0) is 9.59 Å². The second-order valence-corrected chi connectivity index (χ2v) is 7.46. The van der Waals surface area contributed by atoms with Gasteiger partial charge in [-0.3, -0.25) is 19.9 Å². The SMILES string of the molecule is COc1c(NC2CC(NC(=O)C3CC3)NC3NN(C)C(=O)C23)ccc(F)c1F. The van der Waals surface area contributed by atoms with E-state index >= 15 is 0 Å². The molecule has 4 atom stereocenters. The zero-order chi connectivity index (χ0) is 20.0. The number of piperidine rings is 1. The first-order chi connectivity index (χ1) is 13.4. The maximum atomic E-state index is 14.1. The molecule has 28 heavy (non-hydrogen) atoms. The molecule has 2 heterocycles. The van der Waals surface area contributed by atoms with Crippen LogP contribution >= 0.6 is 0 Å². The molecule has 3 fully saturated rings. The molecule has 1 aromatic carbocycles. The number of benzene rings is 1. The van der Waals surface area contributed by atoms with Gasteiger partial charge in [0.2, 0.25) is 17.6 Å². The van der Waals surface area contributed by atoms with Crippen LogP contribution in [0.2, 0.25) is 0 Å². The van der Waals surface area contributed by atoms with Gasteiger partial charge < -0.3 is 15.4 Å². The van der Waals surface area contributed by atoms with Crippen molar-refractivity contribution in [3.8, 4) is 5.75 Å². The molecule has 3 aliphatic rings. The van der Waals surface area contributed by atoms with Gasteiger partial charge in [-0.15, -0.1) is 0 Å². The molecular weight excluding hydrogens is 372 g/mol. The summed E-state index contributed by atoms with van der Waals surface area (Å²) in [5, 5.41) is 10.7. The third-order valence-corrected chi connectivity index (χ3v) is 5.47. The minimum absolute atomic E-state index is 0.0159. The number of methoxy groups -OCH3 is 1. The van der Waals surface area contributed by atoms with Crippen molar-refractivity contribution in [2.75, 3.05) is 19.5 Å². The molecule has 4 unspecified atom stereocenters. The molecule has 152 valence electrons. The second kappa shape index (κ2) is 7.17. The Morgan fingerprint density at radius 1 is 1.32 bits per heavy atom. The van der Waals surface area contributed by atoms with Crippen molar-refractivity contribution in [2.24, 2.45) is 11.8 Å². The fourth-order valence-corrected chi connectivity index (χ4v) is 3.88. The van der Waals surface area contributed by atoms with Gasteiger partial charge in [-0.05, 0) is 25.0 Å². The molecule has 1 aromatic rings. The van der Waals surface area contributed by atoms with Gasteiger partial charge in [-0.1, -0.05) is 0 Å². The Kier molecular flexibility index (Phi) is 4.84. The number of anilines is 1. The van der Waals surface area contributed by atoms with E-state index in [-0.39, 0.29) is 35.3 Å². The summed E-state index contributed by atoms with van der Waals surface area (Å²) in [6.07, 6.45) is 1.40. The fraction of sp³-hybridized carbons (Fsp3) is 0.556. The third-order valence-electron chi connectivity index (χ3n) is 5.47. The van der Waals surface area contributed by atoms with Crippen molar-refractivity contribution in [3.05, 3.63) is 23.8 Å². The number of ether oxygens (including phenoxy) is 1. The smallest absolute Gasteiger partial charge is 0.244 e. The van der Waals surface area contributed by atoms with Crippen molar-refractivity contribution in [1.29, 1.82) is 0 Å². The zero-order valence-electron chi connectivity index (χ0n) is 15.6. The second-order valence-electron chi connectivity index (χ2n) is 7.46. The summed E-state index contributed by atoms with van der Waals surface area (Å²) in [5.74, 6) is -2.94. The summed E-state index contributed by atoms with van der Waals surface area (Å²) in [6.45, 7) is 0. The standard InChI is InChI=1S/C18H23F2N5O3/c1-25-18(27)13-11(21-10-6-5-9(19)14(20)15(10)28-2)7-12(22-16(13)24-25)23-17(26)8-3-4-8/h5-6,8,11-13,16,21-22,24H,3-4,7H2,1-2H3,(H,23,26). The molecule has 0 radical (unpaired) electrons. The van der Waals surface area contributed by atoms with E-state index in [1.54, 1.807) is 7.05 Å². The van der Waals surface area contributed by atoms with Crippen LogP contribution in [0.25, 0.3) is 0 Å². The van der Waals surface area contributed by atoms with Gasteiger partial charge >= 0.3 is 0 Å². The number of hydrogen-bond donors (Lipinski definition) is 4.